The molecule has 0 saturated carbocycles. The molecule has 21 heavy (non-hydrogen) atoms. The van der Waals surface area contributed by atoms with Gasteiger partial charge in [0.25, 0.3) is 11.6 Å². The Morgan fingerprint density at radius 2 is 2.14 bits per heavy atom. The molecule has 0 bridgehead atoms. The first-order chi connectivity index (χ1) is 10.1. The minimum absolute atomic E-state index is 0.130. The van der Waals surface area contributed by atoms with Crippen LogP contribution in [0.4, 0.5) is 5.69 Å². The van der Waals surface area contributed by atoms with E-state index in [0.29, 0.717) is 13.0 Å². The van der Waals surface area contributed by atoms with Crippen LogP contribution in [0, 0.1) is 10.1 Å². The summed E-state index contributed by atoms with van der Waals surface area (Å²) in [6, 6.07) is 8.11. The Morgan fingerprint density at radius 1 is 1.33 bits per heavy atom. The number of hydrogen-bond donors (Lipinski definition) is 1. The molecule has 0 atom stereocenters. The second kappa shape index (κ2) is 6.94. The second-order valence-corrected chi connectivity index (χ2v) is 5.06. The number of halogens is 1. The summed E-state index contributed by atoms with van der Waals surface area (Å²) in [5.74, 6) is -0.352. The lowest BCUT2D eigenvalue weighted by Crippen LogP contribution is -2.26. The van der Waals surface area contributed by atoms with Crippen LogP contribution in [-0.2, 0) is 6.42 Å². The Bertz CT molecular complexity index is 662. The third-order valence-corrected chi connectivity index (χ3v) is 3.68. The number of carbonyl (C=O) groups is 1. The van der Waals surface area contributed by atoms with Gasteiger partial charge >= 0.3 is 0 Å². The van der Waals surface area contributed by atoms with E-state index in [-0.39, 0.29) is 21.6 Å². The molecule has 1 amide bonds. The highest BCUT2D eigenvalue weighted by Gasteiger charge is 2.18. The van der Waals surface area contributed by atoms with Crippen LogP contribution in [0.25, 0.3) is 0 Å². The van der Waals surface area contributed by atoms with Crippen molar-refractivity contribution in [3.05, 3.63) is 68.4 Å². The molecule has 1 aromatic carbocycles. The third-order valence-electron chi connectivity index (χ3n) is 2.84. The van der Waals surface area contributed by atoms with Crippen molar-refractivity contribution in [2.75, 3.05) is 6.54 Å². The summed E-state index contributed by atoms with van der Waals surface area (Å²) in [7, 11) is 0. The van der Waals surface area contributed by atoms with Gasteiger partial charge in [0.1, 0.15) is 4.47 Å². The van der Waals surface area contributed by atoms with Gasteiger partial charge in [0, 0.05) is 25.0 Å². The maximum atomic E-state index is 12.1. The van der Waals surface area contributed by atoms with Gasteiger partial charge in [-0.25, -0.2) is 0 Å². The molecule has 6 nitrogen and oxygen atoms in total. The summed E-state index contributed by atoms with van der Waals surface area (Å²) in [4.78, 5) is 26.3. The van der Waals surface area contributed by atoms with E-state index in [1.165, 1.54) is 18.2 Å². The maximum absolute atomic E-state index is 12.1. The molecule has 1 N–H and O–H groups in total. The van der Waals surface area contributed by atoms with Crippen LogP contribution in [0.5, 0.6) is 0 Å². The van der Waals surface area contributed by atoms with Crippen molar-refractivity contribution in [1.29, 1.82) is 0 Å². The molecule has 0 saturated heterocycles. The molecule has 1 aromatic heterocycles. The van der Waals surface area contributed by atoms with E-state index in [1.54, 1.807) is 12.4 Å². The Labute approximate surface area is 129 Å². The first kappa shape index (κ1) is 15.1. The Morgan fingerprint density at radius 3 is 2.81 bits per heavy atom. The monoisotopic (exact) mass is 349 g/mol. The number of nitrogens with zero attached hydrogens (tertiary/aromatic N) is 2. The predicted octanol–water partition coefficient (Wildman–Crippen LogP) is 2.72. The zero-order valence-corrected chi connectivity index (χ0v) is 12.5. The van der Waals surface area contributed by atoms with Gasteiger partial charge in [-0.1, -0.05) is 12.1 Å². The van der Waals surface area contributed by atoms with Gasteiger partial charge in [0.05, 0.1) is 10.5 Å². The zero-order valence-electron chi connectivity index (χ0n) is 11.0. The number of aromatic nitrogens is 1. The fraction of sp³-hybridized carbons (Fsp3) is 0.143. The fourth-order valence-corrected chi connectivity index (χ4v) is 2.39. The van der Waals surface area contributed by atoms with Gasteiger partial charge in [-0.05, 0) is 40.0 Å². The van der Waals surface area contributed by atoms with Crippen LogP contribution in [0.3, 0.4) is 0 Å². The van der Waals surface area contributed by atoms with Gasteiger partial charge in [0.2, 0.25) is 0 Å². The highest BCUT2D eigenvalue weighted by atomic mass is 79.9. The van der Waals surface area contributed by atoms with E-state index in [0.717, 1.165) is 5.56 Å². The number of nitrogens with one attached hydrogen (secondary N) is 1. The molecule has 0 unspecified atom stereocenters. The largest absolute Gasteiger partial charge is 0.352 e. The van der Waals surface area contributed by atoms with Crippen molar-refractivity contribution in [3.8, 4) is 0 Å². The van der Waals surface area contributed by atoms with Gasteiger partial charge in [0.15, 0.2) is 0 Å². The van der Waals surface area contributed by atoms with Crippen LogP contribution in [0.1, 0.15) is 15.9 Å². The van der Waals surface area contributed by atoms with Crippen molar-refractivity contribution >= 4 is 27.5 Å². The Kier molecular flexibility index (Phi) is 4.99. The minimum Gasteiger partial charge on any atom is -0.352 e. The molecule has 1 heterocycles. The van der Waals surface area contributed by atoms with E-state index in [1.807, 2.05) is 12.1 Å². The number of nitro groups is 1. The van der Waals surface area contributed by atoms with Crippen LogP contribution < -0.4 is 5.32 Å². The number of benzene rings is 1. The fourth-order valence-electron chi connectivity index (χ4n) is 1.80. The maximum Gasteiger partial charge on any atom is 0.284 e. The van der Waals surface area contributed by atoms with Crippen LogP contribution in [0.2, 0.25) is 0 Å². The number of nitro benzene ring substituents is 1. The van der Waals surface area contributed by atoms with Gasteiger partial charge in [-0.2, -0.15) is 0 Å². The van der Waals surface area contributed by atoms with E-state index in [4.69, 9.17) is 0 Å². The first-order valence-electron chi connectivity index (χ1n) is 6.19. The summed E-state index contributed by atoms with van der Waals surface area (Å²) in [6.45, 7) is 0.430. The van der Waals surface area contributed by atoms with Gasteiger partial charge in [-0.15, -0.1) is 0 Å². The molecule has 2 rings (SSSR count). The number of hydrogen-bond acceptors (Lipinski definition) is 4. The van der Waals surface area contributed by atoms with E-state index in [9.17, 15) is 14.9 Å². The minimum atomic E-state index is -0.531. The molecular formula is C14H12BrN3O3. The highest BCUT2D eigenvalue weighted by molar-refractivity contribution is 9.10. The average molecular weight is 350 g/mol. The summed E-state index contributed by atoms with van der Waals surface area (Å²) >= 11 is 3.11. The lowest BCUT2D eigenvalue weighted by Gasteiger charge is -2.07. The molecule has 0 spiro atoms. The standard InChI is InChI=1S/C14H12BrN3O3/c15-13-11(4-1-5-12(13)18(20)21)14(19)17-8-6-10-3-2-7-16-9-10/h1-5,7,9H,6,8H2,(H,17,19). The van der Waals surface area contributed by atoms with Crippen molar-refractivity contribution in [1.82, 2.24) is 10.3 Å². The quantitative estimate of drug-likeness (QED) is 0.664. The van der Waals surface area contributed by atoms with E-state index >= 15 is 0 Å². The summed E-state index contributed by atoms with van der Waals surface area (Å²) < 4.78 is 0.189. The average Bonchev–Trinajstić information content (AvgIpc) is 2.48. The Balaban J connectivity index is 2.01. The zero-order chi connectivity index (χ0) is 15.2. The van der Waals surface area contributed by atoms with E-state index in [2.05, 4.69) is 26.2 Å². The van der Waals surface area contributed by atoms with Crippen molar-refractivity contribution in [3.63, 3.8) is 0 Å². The third kappa shape index (κ3) is 3.85. The molecule has 7 heteroatoms. The number of rotatable bonds is 5. The number of amides is 1. The first-order valence-corrected chi connectivity index (χ1v) is 6.99. The smallest absolute Gasteiger partial charge is 0.284 e. The van der Waals surface area contributed by atoms with Gasteiger partial charge in [-0.3, -0.25) is 19.9 Å². The number of pyridine rings is 1. The summed E-state index contributed by atoms with van der Waals surface area (Å²) in [5, 5.41) is 13.6. The van der Waals surface area contributed by atoms with Crippen molar-refractivity contribution in [2.45, 2.75) is 6.42 Å². The van der Waals surface area contributed by atoms with Crippen LogP contribution in [0.15, 0.2) is 47.2 Å². The topological polar surface area (TPSA) is 85.1 Å². The summed E-state index contributed by atoms with van der Waals surface area (Å²) in [5.41, 5.74) is 1.13. The lowest BCUT2D eigenvalue weighted by molar-refractivity contribution is -0.385. The Hall–Kier alpha value is -2.28. The molecule has 0 aliphatic heterocycles. The molecular weight excluding hydrogens is 338 g/mol. The molecule has 0 aliphatic carbocycles. The normalized spacial score (nSPS) is 10.1. The van der Waals surface area contributed by atoms with Crippen LogP contribution >= 0.6 is 15.9 Å². The highest BCUT2D eigenvalue weighted by Crippen LogP contribution is 2.28. The predicted molar refractivity (Wildman–Crippen MR) is 81.1 cm³/mol. The molecule has 108 valence electrons. The molecule has 2 aromatic rings. The second-order valence-electron chi connectivity index (χ2n) is 4.26. The molecule has 0 radical (unpaired) electrons. The molecule has 0 aliphatic rings. The lowest BCUT2D eigenvalue weighted by atomic mass is 10.1. The van der Waals surface area contributed by atoms with Crippen LogP contribution in [-0.4, -0.2) is 22.4 Å². The van der Waals surface area contributed by atoms with Gasteiger partial charge < -0.3 is 5.32 Å². The molecule has 0 fully saturated rings. The number of carbonyl (C=O) groups excluding carboxylic acids is 1. The van der Waals surface area contributed by atoms with E-state index < -0.39 is 4.92 Å². The van der Waals surface area contributed by atoms with Crippen molar-refractivity contribution < 1.29 is 9.72 Å². The summed E-state index contributed by atoms with van der Waals surface area (Å²) in [6.07, 6.45) is 4.06. The van der Waals surface area contributed by atoms with Crippen molar-refractivity contribution in [2.24, 2.45) is 0 Å². The SMILES string of the molecule is O=C(NCCc1cccnc1)c1cccc([N+](=O)[O-])c1Br.